The van der Waals surface area contributed by atoms with Crippen molar-refractivity contribution in [2.24, 2.45) is 0 Å². The maximum Gasteiger partial charge on any atom is 0.320 e. The van der Waals surface area contributed by atoms with E-state index in [4.69, 9.17) is 5.11 Å². The van der Waals surface area contributed by atoms with Crippen LogP contribution in [0.15, 0.2) is 0 Å². The van der Waals surface area contributed by atoms with E-state index in [1.54, 1.807) is 11.8 Å². The van der Waals surface area contributed by atoms with Crippen molar-refractivity contribution in [2.45, 2.75) is 38.8 Å². The van der Waals surface area contributed by atoms with Crippen LogP contribution in [0.2, 0.25) is 0 Å². The van der Waals surface area contributed by atoms with E-state index in [0.717, 1.165) is 5.75 Å². The molecular weight excluding hydrogens is 186 g/mol. The Morgan fingerprint density at radius 2 is 2.08 bits per heavy atom. The van der Waals surface area contributed by atoms with Crippen molar-refractivity contribution < 1.29 is 9.90 Å². The highest BCUT2D eigenvalue weighted by Crippen LogP contribution is 2.06. The van der Waals surface area contributed by atoms with Gasteiger partial charge < -0.3 is 5.11 Å². The zero-order valence-corrected chi connectivity index (χ0v) is 9.57. The molecule has 0 aromatic rings. The molecule has 0 radical (unpaired) electrons. The Morgan fingerprint density at radius 1 is 1.54 bits per heavy atom. The Kier molecular flexibility index (Phi) is 5.40. The van der Waals surface area contributed by atoms with Crippen molar-refractivity contribution in [1.29, 1.82) is 0 Å². The summed E-state index contributed by atoms with van der Waals surface area (Å²) in [7, 11) is 0. The van der Waals surface area contributed by atoms with Gasteiger partial charge in [0.1, 0.15) is 6.04 Å². The van der Waals surface area contributed by atoms with Crippen molar-refractivity contribution in [2.75, 3.05) is 12.0 Å². The molecule has 1 unspecified atom stereocenters. The molecular formula is C9H19NO2S. The average Bonchev–Trinajstić information content (AvgIpc) is 1.95. The number of hydrogen-bond donors (Lipinski definition) is 2. The number of thioether (sulfide) groups is 1. The lowest BCUT2D eigenvalue weighted by molar-refractivity contribution is -0.140. The normalized spacial score (nSPS) is 14.2. The van der Waals surface area contributed by atoms with E-state index >= 15 is 0 Å². The summed E-state index contributed by atoms with van der Waals surface area (Å²) in [5.74, 6) is 0.115. The van der Waals surface area contributed by atoms with Crippen molar-refractivity contribution in [3.8, 4) is 0 Å². The maximum atomic E-state index is 10.8. The summed E-state index contributed by atoms with van der Waals surface area (Å²) in [6.07, 6.45) is 2.66. The van der Waals surface area contributed by atoms with Crippen LogP contribution in [0.3, 0.4) is 0 Å². The molecule has 0 bridgehead atoms. The molecule has 0 saturated heterocycles. The predicted octanol–water partition coefficient (Wildman–Crippen LogP) is 1.58. The summed E-state index contributed by atoms with van der Waals surface area (Å²) < 4.78 is 0. The van der Waals surface area contributed by atoms with E-state index in [2.05, 4.69) is 5.32 Å². The molecule has 0 spiro atoms. The first kappa shape index (κ1) is 12.8. The number of nitrogens with one attached hydrogen (secondary N) is 1. The molecule has 0 fully saturated rings. The first-order valence-corrected chi connectivity index (χ1v) is 5.75. The number of carboxylic acids is 1. The van der Waals surface area contributed by atoms with Gasteiger partial charge in [0, 0.05) is 5.54 Å². The SMILES string of the molecule is CSCCC(NC(C)(C)C)C(=O)O. The van der Waals surface area contributed by atoms with Gasteiger partial charge in [0.2, 0.25) is 0 Å². The Balaban J connectivity index is 4.03. The first-order valence-electron chi connectivity index (χ1n) is 4.36. The van der Waals surface area contributed by atoms with E-state index in [-0.39, 0.29) is 5.54 Å². The molecule has 13 heavy (non-hydrogen) atoms. The van der Waals surface area contributed by atoms with Crippen molar-refractivity contribution in [1.82, 2.24) is 5.32 Å². The molecule has 0 aliphatic heterocycles. The average molecular weight is 205 g/mol. The monoisotopic (exact) mass is 205 g/mol. The third-order valence-electron chi connectivity index (χ3n) is 1.52. The molecule has 1 atom stereocenters. The lowest BCUT2D eigenvalue weighted by Crippen LogP contribution is -2.47. The van der Waals surface area contributed by atoms with Gasteiger partial charge in [-0.1, -0.05) is 0 Å². The second kappa shape index (κ2) is 5.50. The zero-order chi connectivity index (χ0) is 10.5. The van der Waals surface area contributed by atoms with Gasteiger partial charge in [0.05, 0.1) is 0 Å². The van der Waals surface area contributed by atoms with E-state index in [9.17, 15) is 4.79 Å². The summed E-state index contributed by atoms with van der Waals surface area (Å²) in [6, 6.07) is -0.424. The standard InChI is InChI=1S/C9H19NO2S/c1-9(2,3)10-7(8(11)12)5-6-13-4/h7,10H,5-6H2,1-4H3,(H,11,12). The summed E-state index contributed by atoms with van der Waals surface area (Å²) in [6.45, 7) is 5.92. The number of rotatable bonds is 5. The Labute approximate surface area is 84.3 Å². The van der Waals surface area contributed by atoms with E-state index < -0.39 is 12.0 Å². The smallest absolute Gasteiger partial charge is 0.320 e. The molecule has 0 aliphatic rings. The number of carbonyl (C=O) groups is 1. The maximum absolute atomic E-state index is 10.8. The van der Waals surface area contributed by atoms with Crippen molar-refractivity contribution >= 4 is 17.7 Å². The minimum Gasteiger partial charge on any atom is -0.480 e. The molecule has 0 saturated carbocycles. The van der Waals surface area contributed by atoms with E-state index in [0.29, 0.717) is 6.42 Å². The summed E-state index contributed by atoms with van der Waals surface area (Å²) in [4.78, 5) is 10.8. The molecule has 4 heteroatoms. The Hall–Kier alpha value is -0.220. The third-order valence-corrected chi connectivity index (χ3v) is 2.16. The second-order valence-electron chi connectivity index (χ2n) is 4.07. The molecule has 2 N–H and O–H groups in total. The number of carboxylic acid groups (broad SMARTS) is 1. The summed E-state index contributed by atoms with van der Waals surface area (Å²) >= 11 is 1.67. The zero-order valence-electron chi connectivity index (χ0n) is 8.76. The molecule has 0 aromatic heterocycles. The van der Waals surface area contributed by atoms with Crippen LogP contribution in [0.5, 0.6) is 0 Å². The van der Waals surface area contributed by atoms with Crippen LogP contribution in [0.1, 0.15) is 27.2 Å². The molecule has 0 amide bonds. The Bertz CT molecular complexity index is 165. The number of hydrogen-bond acceptors (Lipinski definition) is 3. The van der Waals surface area contributed by atoms with Gasteiger partial charge in [-0.15, -0.1) is 0 Å². The second-order valence-corrected chi connectivity index (χ2v) is 5.05. The fraction of sp³-hybridized carbons (Fsp3) is 0.889. The topological polar surface area (TPSA) is 49.3 Å². The minimum absolute atomic E-state index is 0.137. The van der Waals surface area contributed by atoms with Gasteiger partial charge >= 0.3 is 5.97 Å². The molecule has 0 rings (SSSR count). The molecule has 0 aromatic carbocycles. The van der Waals surface area contributed by atoms with E-state index in [1.807, 2.05) is 27.0 Å². The van der Waals surface area contributed by atoms with Crippen LogP contribution in [-0.4, -0.2) is 34.7 Å². The highest BCUT2D eigenvalue weighted by molar-refractivity contribution is 7.98. The van der Waals surface area contributed by atoms with Gasteiger partial charge in [-0.05, 0) is 39.2 Å². The van der Waals surface area contributed by atoms with Crippen LogP contribution in [0, 0.1) is 0 Å². The highest BCUT2D eigenvalue weighted by Gasteiger charge is 2.22. The summed E-state index contributed by atoms with van der Waals surface area (Å²) in [5, 5.41) is 12.0. The van der Waals surface area contributed by atoms with Crippen LogP contribution in [0.25, 0.3) is 0 Å². The van der Waals surface area contributed by atoms with E-state index in [1.165, 1.54) is 0 Å². The van der Waals surface area contributed by atoms with Crippen LogP contribution in [-0.2, 0) is 4.79 Å². The van der Waals surface area contributed by atoms with Gasteiger partial charge in [-0.25, -0.2) is 0 Å². The predicted molar refractivity (Wildman–Crippen MR) is 57.3 cm³/mol. The minimum atomic E-state index is -0.760. The van der Waals surface area contributed by atoms with Crippen molar-refractivity contribution in [3.63, 3.8) is 0 Å². The lowest BCUT2D eigenvalue weighted by Gasteiger charge is -2.25. The van der Waals surface area contributed by atoms with Gasteiger partial charge in [-0.2, -0.15) is 11.8 Å². The van der Waals surface area contributed by atoms with Crippen molar-refractivity contribution in [3.05, 3.63) is 0 Å². The molecule has 0 heterocycles. The van der Waals surface area contributed by atoms with Crippen LogP contribution in [0.4, 0.5) is 0 Å². The van der Waals surface area contributed by atoms with Gasteiger partial charge in [0.15, 0.2) is 0 Å². The quantitative estimate of drug-likeness (QED) is 0.715. The first-order chi connectivity index (χ1) is 5.87. The molecule has 3 nitrogen and oxygen atoms in total. The van der Waals surface area contributed by atoms with Gasteiger partial charge in [0.25, 0.3) is 0 Å². The third kappa shape index (κ3) is 6.90. The number of aliphatic carboxylic acids is 1. The Morgan fingerprint density at radius 3 is 2.38 bits per heavy atom. The highest BCUT2D eigenvalue weighted by atomic mass is 32.2. The van der Waals surface area contributed by atoms with Crippen LogP contribution >= 0.6 is 11.8 Å². The van der Waals surface area contributed by atoms with Gasteiger partial charge in [-0.3, -0.25) is 10.1 Å². The fourth-order valence-electron chi connectivity index (χ4n) is 1.02. The lowest BCUT2D eigenvalue weighted by atomic mass is 10.1. The fourth-order valence-corrected chi connectivity index (χ4v) is 1.49. The summed E-state index contributed by atoms with van der Waals surface area (Å²) in [5.41, 5.74) is -0.137. The molecule has 78 valence electrons. The van der Waals surface area contributed by atoms with Crippen LogP contribution < -0.4 is 5.32 Å². The largest absolute Gasteiger partial charge is 0.480 e. The molecule has 0 aliphatic carbocycles.